The van der Waals surface area contributed by atoms with Gasteiger partial charge in [0.25, 0.3) is 0 Å². The zero-order valence-corrected chi connectivity index (χ0v) is 9.37. The monoisotopic (exact) mass is 236 g/mol. The molecule has 0 fully saturated rings. The van der Waals surface area contributed by atoms with Gasteiger partial charge in [-0.1, -0.05) is 7.43 Å². The lowest BCUT2D eigenvalue weighted by atomic mass is 10.1. The summed E-state index contributed by atoms with van der Waals surface area (Å²) in [5.74, 6) is -0.645. The molecule has 0 unspecified atom stereocenters. The highest BCUT2D eigenvalue weighted by Gasteiger charge is 2.09. The Hall–Kier alpha value is -1.97. The van der Waals surface area contributed by atoms with Crippen LogP contribution < -0.4 is 4.74 Å². The number of Topliss-reactive ketones (excluding diaryl/α,β-unsaturated/α-hetero) is 2. The summed E-state index contributed by atoms with van der Waals surface area (Å²) in [5.41, 5.74) is 0.702. The largest absolute Gasteiger partial charge is 0.427 e. The lowest BCUT2D eigenvalue weighted by Crippen LogP contribution is -2.05. The molecule has 0 bridgehead atoms. The van der Waals surface area contributed by atoms with Gasteiger partial charge in [0, 0.05) is 18.1 Å². The Morgan fingerprint density at radius 2 is 1.29 bits per heavy atom. The topological polar surface area (TPSA) is 60.4 Å². The van der Waals surface area contributed by atoms with E-state index in [1.54, 1.807) is 0 Å². The molecule has 0 radical (unpaired) electrons. The smallest absolute Gasteiger partial charge is 0.308 e. The van der Waals surface area contributed by atoms with E-state index in [4.69, 9.17) is 4.74 Å². The SMILES string of the molecule is C.CC(=O)Oc1cc(C(C)=O)cc(C(C)=O)c1. The molecular weight excluding hydrogens is 220 g/mol. The van der Waals surface area contributed by atoms with Crippen LogP contribution in [0.5, 0.6) is 5.75 Å². The predicted octanol–water partition coefficient (Wildman–Crippen LogP) is 2.65. The van der Waals surface area contributed by atoms with Gasteiger partial charge in [0.05, 0.1) is 0 Å². The van der Waals surface area contributed by atoms with E-state index >= 15 is 0 Å². The molecule has 1 aromatic rings. The van der Waals surface area contributed by atoms with Gasteiger partial charge < -0.3 is 4.74 Å². The minimum atomic E-state index is -0.491. The van der Waals surface area contributed by atoms with Crippen LogP contribution in [-0.4, -0.2) is 17.5 Å². The fourth-order valence-corrected chi connectivity index (χ4v) is 1.23. The lowest BCUT2D eigenvalue weighted by molar-refractivity contribution is -0.131. The number of carbonyl (C=O) groups is 3. The molecule has 0 aliphatic heterocycles. The summed E-state index contributed by atoms with van der Waals surface area (Å²) in [7, 11) is 0. The minimum absolute atomic E-state index is 0. The van der Waals surface area contributed by atoms with Gasteiger partial charge in [0.15, 0.2) is 11.6 Å². The summed E-state index contributed by atoms with van der Waals surface area (Å²) in [6.45, 7) is 4.03. The first-order chi connectivity index (χ1) is 7.40. The van der Waals surface area contributed by atoms with Crippen molar-refractivity contribution in [3.8, 4) is 5.75 Å². The van der Waals surface area contributed by atoms with E-state index in [0.717, 1.165) is 0 Å². The number of benzene rings is 1. The van der Waals surface area contributed by atoms with E-state index in [2.05, 4.69) is 0 Å². The predicted molar refractivity (Wildman–Crippen MR) is 64.5 cm³/mol. The van der Waals surface area contributed by atoms with Crippen molar-refractivity contribution in [2.75, 3.05) is 0 Å². The highest BCUT2D eigenvalue weighted by Crippen LogP contribution is 2.18. The van der Waals surface area contributed by atoms with E-state index in [0.29, 0.717) is 11.1 Å². The van der Waals surface area contributed by atoms with E-state index in [9.17, 15) is 14.4 Å². The molecule has 0 saturated carbocycles. The van der Waals surface area contributed by atoms with Gasteiger partial charge in [-0.2, -0.15) is 0 Å². The van der Waals surface area contributed by atoms with Gasteiger partial charge in [-0.25, -0.2) is 0 Å². The van der Waals surface area contributed by atoms with Crippen LogP contribution >= 0.6 is 0 Å². The number of esters is 1. The molecule has 1 rings (SSSR count). The molecule has 0 atom stereocenters. The number of hydrogen-bond acceptors (Lipinski definition) is 4. The van der Waals surface area contributed by atoms with Crippen molar-refractivity contribution in [1.82, 2.24) is 0 Å². The average Bonchev–Trinajstić information content (AvgIpc) is 2.15. The second kappa shape index (κ2) is 5.94. The lowest BCUT2D eigenvalue weighted by Gasteiger charge is -2.05. The van der Waals surface area contributed by atoms with Crippen LogP contribution in [0.15, 0.2) is 18.2 Å². The maximum atomic E-state index is 11.2. The number of ketones is 2. The molecule has 1 aromatic carbocycles. The number of carbonyl (C=O) groups excluding carboxylic acids is 3. The molecule has 0 aliphatic carbocycles. The first kappa shape index (κ1) is 15.0. The molecular formula is C13H16O4. The van der Waals surface area contributed by atoms with Crippen LogP contribution in [0, 0.1) is 0 Å². The Bertz CT molecular complexity index is 428. The van der Waals surface area contributed by atoms with Gasteiger partial charge in [0.1, 0.15) is 5.75 Å². The molecule has 0 heterocycles. The molecule has 0 N–H and O–H groups in total. The molecule has 0 amide bonds. The second-order valence-corrected chi connectivity index (χ2v) is 3.45. The molecule has 4 nitrogen and oxygen atoms in total. The molecule has 0 spiro atoms. The maximum absolute atomic E-state index is 11.2. The third kappa shape index (κ3) is 4.18. The van der Waals surface area contributed by atoms with Crippen molar-refractivity contribution >= 4 is 17.5 Å². The van der Waals surface area contributed by atoms with Crippen molar-refractivity contribution in [2.45, 2.75) is 28.2 Å². The van der Waals surface area contributed by atoms with Gasteiger partial charge in [-0.3, -0.25) is 14.4 Å². The number of hydrogen-bond donors (Lipinski definition) is 0. The third-order valence-corrected chi connectivity index (χ3v) is 1.98. The maximum Gasteiger partial charge on any atom is 0.308 e. The van der Waals surface area contributed by atoms with Crippen molar-refractivity contribution in [3.05, 3.63) is 29.3 Å². The summed E-state index contributed by atoms with van der Waals surface area (Å²) in [6, 6.07) is 4.37. The second-order valence-electron chi connectivity index (χ2n) is 3.45. The van der Waals surface area contributed by atoms with Crippen LogP contribution in [-0.2, 0) is 4.79 Å². The van der Waals surface area contributed by atoms with Crippen molar-refractivity contribution in [1.29, 1.82) is 0 Å². The minimum Gasteiger partial charge on any atom is -0.427 e. The zero-order chi connectivity index (χ0) is 12.3. The molecule has 0 saturated heterocycles. The van der Waals surface area contributed by atoms with Crippen LogP contribution in [0.25, 0.3) is 0 Å². The van der Waals surface area contributed by atoms with Gasteiger partial charge in [-0.05, 0) is 32.0 Å². The Morgan fingerprint density at radius 1 is 0.882 bits per heavy atom. The van der Waals surface area contributed by atoms with E-state index in [1.807, 2.05) is 0 Å². The van der Waals surface area contributed by atoms with Crippen LogP contribution in [0.1, 0.15) is 48.9 Å². The van der Waals surface area contributed by atoms with Crippen molar-refractivity contribution in [3.63, 3.8) is 0 Å². The summed E-state index contributed by atoms with van der Waals surface area (Å²) in [5, 5.41) is 0. The molecule has 0 aliphatic rings. The highest BCUT2D eigenvalue weighted by molar-refractivity contribution is 6.00. The van der Waals surface area contributed by atoms with Gasteiger partial charge in [0.2, 0.25) is 0 Å². The van der Waals surface area contributed by atoms with Crippen LogP contribution in [0.3, 0.4) is 0 Å². The van der Waals surface area contributed by atoms with Crippen LogP contribution in [0.4, 0.5) is 0 Å². The van der Waals surface area contributed by atoms with E-state index < -0.39 is 5.97 Å². The standard InChI is InChI=1S/C12H12O4.CH4/c1-7(13)10-4-11(8(2)14)6-12(5-10)16-9(3)15;/h4-6H,1-3H3;1H4. The zero-order valence-electron chi connectivity index (χ0n) is 9.37. The Labute approximate surface area is 101 Å². The first-order valence-corrected chi connectivity index (χ1v) is 4.75. The fraction of sp³-hybridized carbons (Fsp3) is 0.308. The Balaban J connectivity index is 0.00000256. The summed E-state index contributed by atoms with van der Waals surface area (Å²) < 4.78 is 4.85. The molecule has 17 heavy (non-hydrogen) atoms. The third-order valence-electron chi connectivity index (χ3n) is 1.98. The quantitative estimate of drug-likeness (QED) is 0.460. The normalized spacial score (nSPS) is 9.12. The highest BCUT2D eigenvalue weighted by atomic mass is 16.5. The van der Waals surface area contributed by atoms with Gasteiger partial charge >= 0.3 is 5.97 Å². The van der Waals surface area contributed by atoms with Crippen molar-refractivity contribution < 1.29 is 19.1 Å². The van der Waals surface area contributed by atoms with E-state index in [1.165, 1.54) is 39.0 Å². The van der Waals surface area contributed by atoms with E-state index in [-0.39, 0.29) is 24.7 Å². The summed E-state index contributed by atoms with van der Waals surface area (Å²) in [6.07, 6.45) is 0. The molecule has 0 aromatic heterocycles. The van der Waals surface area contributed by atoms with Crippen LogP contribution in [0.2, 0.25) is 0 Å². The average molecular weight is 236 g/mol. The number of ether oxygens (including phenoxy) is 1. The van der Waals surface area contributed by atoms with Crippen molar-refractivity contribution in [2.24, 2.45) is 0 Å². The Morgan fingerprint density at radius 3 is 1.59 bits per heavy atom. The first-order valence-electron chi connectivity index (χ1n) is 4.75. The summed E-state index contributed by atoms with van der Waals surface area (Å²) >= 11 is 0. The Kier molecular flexibility index (Phi) is 5.25. The van der Waals surface area contributed by atoms with Gasteiger partial charge in [-0.15, -0.1) is 0 Å². The molecule has 92 valence electrons. The molecule has 4 heteroatoms. The fourth-order valence-electron chi connectivity index (χ4n) is 1.23. The number of rotatable bonds is 3. The summed E-state index contributed by atoms with van der Waals surface area (Å²) in [4.78, 5) is 33.2.